The number of rotatable bonds is 3. The minimum absolute atomic E-state index is 0.0295. The van der Waals surface area contributed by atoms with Crippen LogP contribution in [0.15, 0.2) is 18.2 Å². The van der Waals surface area contributed by atoms with Crippen molar-refractivity contribution in [3.63, 3.8) is 0 Å². The van der Waals surface area contributed by atoms with E-state index < -0.39 is 0 Å². The van der Waals surface area contributed by atoms with E-state index in [1.54, 1.807) is 0 Å². The van der Waals surface area contributed by atoms with Crippen LogP contribution in [0.2, 0.25) is 0 Å². The monoisotopic (exact) mass is 231 g/mol. The second-order valence-corrected chi connectivity index (χ2v) is 5.59. The first-order valence-electron chi connectivity index (χ1n) is 6.37. The van der Waals surface area contributed by atoms with Crippen LogP contribution in [0, 0.1) is 0 Å². The van der Waals surface area contributed by atoms with Crippen molar-refractivity contribution in [2.75, 3.05) is 0 Å². The van der Waals surface area contributed by atoms with E-state index in [2.05, 4.69) is 54.4 Å². The van der Waals surface area contributed by atoms with Gasteiger partial charge in [-0.1, -0.05) is 40.2 Å². The highest BCUT2D eigenvalue weighted by Crippen LogP contribution is 2.22. The smallest absolute Gasteiger partial charge is 0.160 e. The van der Waals surface area contributed by atoms with E-state index in [1.165, 1.54) is 18.5 Å². The molecule has 0 spiro atoms. The number of aryl methyl sites for hydroxylation is 1. The Labute approximate surface area is 103 Å². The molecule has 3 heteroatoms. The van der Waals surface area contributed by atoms with Crippen LogP contribution in [-0.2, 0) is 11.8 Å². The van der Waals surface area contributed by atoms with Crippen molar-refractivity contribution in [2.24, 2.45) is 0 Å². The molecule has 0 saturated carbocycles. The number of unbranched alkanes of at least 4 members (excludes halogenated alkanes) is 1. The molecule has 0 radical (unpaired) electrons. The molecule has 2 rings (SSSR count). The average molecular weight is 231 g/mol. The van der Waals surface area contributed by atoms with Crippen molar-refractivity contribution >= 4 is 5.65 Å². The minimum atomic E-state index is 0.0295. The molecule has 3 nitrogen and oxygen atoms in total. The Morgan fingerprint density at radius 1 is 1.18 bits per heavy atom. The first-order valence-corrected chi connectivity index (χ1v) is 6.37. The van der Waals surface area contributed by atoms with Gasteiger partial charge in [-0.25, -0.2) is 0 Å². The molecular weight excluding hydrogens is 210 g/mol. The van der Waals surface area contributed by atoms with Crippen molar-refractivity contribution in [1.82, 2.24) is 14.6 Å². The Hall–Kier alpha value is -1.38. The van der Waals surface area contributed by atoms with Crippen molar-refractivity contribution < 1.29 is 0 Å². The lowest BCUT2D eigenvalue weighted by molar-refractivity contribution is 0.534. The minimum Gasteiger partial charge on any atom is -0.283 e. The van der Waals surface area contributed by atoms with E-state index in [-0.39, 0.29) is 5.41 Å². The number of nitrogens with zero attached hydrogens (tertiary/aromatic N) is 3. The van der Waals surface area contributed by atoms with Crippen LogP contribution >= 0.6 is 0 Å². The summed E-state index contributed by atoms with van der Waals surface area (Å²) in [7, 11) is 0. The summed E-state index contributed by atoms with van der Waals surface area (Å²) in [6.45, 7) is 8.76. The first-order chi connectivity index (χ1) is 8.04. The Balaban J connectivity index is 2.56. The molecule has 0 aromatic carbocycles. The summed E-state index contributed by atoms with van der Waals surface area (Å²) in [5.41, 5.74) is 2.31. The summed E-state index contributed by atoms with van der Waals surface area (Å²) in [5.74, 6) is 1.05. The third kappa shape index (κ3) is 2.33. The van der Waals surface area contributed by atoms with E-state index in [4.69, 9.17) is 0 Å². The zero-order chi connectivity index (χ0) is 12.5. The Morgan fingerprint density at radius 2 is 1.94 bits per heavy atom. The predicted octanol–water partition coefficient (Wildman–Crippen LogP) is 3.37. The fraction of sp³-hybridized carbons (Fsp3) is 0.571. The van der Waals surface area contributed by atoms with Gasteiger partial charge < -0.3 is 0 Å². The Kier molecular flexibility index (Phi) is 3.18. The molecule has 0 saturated heterocycles. The molecule has 0 atom stereocenters. The molecular formula is C14H21N3. The van der Waals surface area contributed by atoms with E-state index in [0.717, 1.165) is 17.9 Å². The lowest BCUT2D eigenvalue weighted by atomic mass is 9.95. The summed E-state index contributed by atoms with van der Waals surface area (Å²) in [6.07, 6.45) is 3.51. The average Bonchev–Trinajstić information content (AvgIpc) is 2.69. The van der Waals surface area contributed by atoms with Crippen LogP contribution in [0.5, 0.6) is 0 Å². The quantitative estimate of drug-likeness (QED) is 0.810. The normalized spacial score (nSPS) is 12.2. The van der Waals surface area contributed by atoms with Gasteiger partial charge in [-0.15, -0.1) is 10.2 Å². The third-order valence-corrected chi connectivity index (χ3v) is 2.97. The zero-order valence-corrected chi connectivity index (χ0v) is 11.2. The van der Waals surface area contributed by atoms with Gasteiger partial charge in [0.05, 0.1) is 0 Å². The summed E-state index contributed by atoms with van der Waals surface area (Å²) in [5, 5.41) is 8.62. The number of pyridine rings is 1. The van der Waals surface area contributed by atoms with Gasteiger partial charge in [0.2, 0.25) is 0 Å². The van der Waals surface area contributed by atoms with Gasteiger partial charge in [0.15, 0.2) is 5.65 Å². The molecule has 92 valence electrons. The van der Waals surface area contributed by atoms with E-state index in [0.29, 0.717) is 0 Å². The van der Waals surface area contributed by atoms with Crippen LogP contribution in [0.25, 0.3) is 5.65 Å². The number of hydrogen-bond donors (Lipinski definition) is 0. The van der Waals surface area contributed by atoms with Gasteiger partial charge in [0, 0.05) is 11.1 Å². The van der Waals surface area contributed by atoms with Gasteiger partial charge in [-0.2, -0.15) is 0 Å². The van der Waals surface area contributed by atoms with Crippen LogP contribution in [0.3, 0.4) is 0 Å². The second-order valence-electron chi connectivity index (χ2n) is 5.59. The van der Waals surface area contributed by atoms with Crippen molar-refractivity contribution in [3.05, 3.63) is 29.7 Å². The molecule has 0 aliphatic carbocycles. The zero-order valence-electron chi connectivity index (χ0n) is 11.2. The molecule has 0 amide bonds. The summed E-state index contributed by atoms with van der Waals surface area (Å²) >= 11 is 0. The molecule has 2 aromatic heterocycles. The number of hydrogen-bond acceptors (Lipinski definition) is 2. The highest BCUT2D eigenvalue weighted by atomic mass is 15.3. The topological polar surface area (TPSA) is 30.2 Å². The summed E-state index contributed by atoms with van der Waals surface area (Å²) < 4.78 is 2.22. The van der Waals surface area contributed by atoms with Gasteiger partial charge in [-0.05, 0) is 25.0 Å². The van der Waals surface area contributed by atoms with E-state index in [9.17, 15) is 0 Å². The van der Waals surface area contributed by atoms with Crippen LogP contribution in [0.1, 0.15) is 52.1 Å². The molecule has 0 aliphatic rings. The van der Waals surface area contributed by atoms with Gasteiger partial charge >= 0.3 is 0 Å². The summed E-state index contributed by atoms with van der Waals surface area (Å²) in [4.78, 5) is 0. The molecule has 2 heterocycles. The van der Waals surface area contributed by atoms with Gasteiger partial charge in [-0.3, -0.25) is 4.40 Å². The lowest BCUT2D eigenvalue weighted by Crippen LogP contribution is -2.17. The lowest BCUT2D eigenvalue weighted by Gasteiger charge is -2.17. The van der Waals surface area contributed by atoms with Crippen molar-refractivity contribution in [2.45, 2.75) is 52.4 Å². The van der Waals surface area contributed by atoms with E-state index >= 15 is 0 Å². The number of fused-ring (bicyclic) bond motifs is 1. The fourth-order valence-corrected chi connectivity index (χ4v) is 2.05. The van der Waals surface area contributed by atoms with Crippen molar-refractivity contribution in [3.8, 4) is 0 Å². The second kappa shape index (κ2) is 4.47. The highest BCUT2D eigenvalue weighted by Gasteiger charge is 2.21. The SMILES string of the molecule is CCCCc1cccc2nnc(C(C)(C)C)n12. The molecule has 0 bridgehead atoms. The summed E-state index contributed by atoms with van der Waals surface area (Å²) in [6, 6.07) is 6.28. The number of aromatic nitrogens is 3. The highest BCUT2D eigenvalue weighted by molar-refractivity contribution is 5.41. The van der Waals surface area contributed by atoms with E-state index in [1.807, 2.05) is 6.07 Å². The van der Waals surface area contributed by atoms with Gasteiger partial charge in [0.1, 0.15) is 5.82 Å². The molecule has 0 aliphatic heterocycles. The molecule has 0 N–H and O–H groups in total. The van der Waals surface area contributed by atoms with Crippen LogP contribution < -0.4 is 0 Å². The van der Waals surface area contributed by atoms with Crippen LogP contribution in [-0.4, -0.2) is 14.6 Å². The maximum Gasteiger partial charge on any atom is 0.160 e. The first kappa shape index (κ1) is 12.1. The largest absolute Gasteiger partial charge is 0.283 e. The molecule has 2 aromatic rings. The predicted molar refractivity (Wildman–Crippen MR) is 70.3 cm³/mol. The standard InChI is InChI=1S/C14H21N3/c1-5-6-8-11-9-7-10-12-15-16-13(17(11)12)14(2,3)4/h7,9-10H,5-6,8H2,1-4H3. The third-order valence-electron chi connectivity index (χ3n) is 2.97. The molecule has 0 unspecified atom stereocenters. The maximum atomic E-state index is 4.35. The Bertz CT molecular complexity index is 506. The molecule has 17 heavy (non-hydrogen) atoms. The van der Waals surface area contributed by atoms with Crippen LogP contribution in [0.4, 0.5) is 0 Å². The fourth-order valence-electron chi connectivity index (χ4n) is 2.05. The Morgan fingerprint density at radius 3 is 2.59 bits per heavy atom. The maximum absolute atomic E-state index is 4.35. The molecule has 0 fully saturated rings. The van der Waals surface area contributed by atoms with Gasteiger partial charge in [0.25, 0.3) is 0 Å². The van der Waals surface area contributed by atoms with Crippen molar-refractivity contribution in [1.29, 1.82) is 0 Å².